The van der Waals surface area contributed by atoms with E-state index in [2.05, 4.69) is 0 Å². The predicted octanol–water partition coefficient (Wildman–Crippen LogP) is 4.39. The molecule has 7 nitrogen and oxygen atoms in total. The molecular weight excluding hydrogens is 412 g/mol. The number of hydrogen-bond acceptors (Lipinski definition) is 7. The highest BCUT2D eigenvalue weighted by molar-refractivity contribution is 6.30. The maximum Gasteiger partial charge on any atom is 0.351 e. The molecule has 0 atom stereocenters. The van der Waals surface area contributed by atoms with Crippen molar-refractivity contribution in [1.29, 1.82) is 0 Å². The summed E-state index contributed by atoms with van der Waals surface area (Å²) in [6.45, 7) is 2.14. The lowest BCUT2D eigenvalue weighted by molar-refractivity contribution is -0.134. The van der Waals surface area contributed by atoms with Crippen LogP contribution in [0.25, 0.3) is 11.0 Å². The molecule has 0 bridgehead atoms. The fourth-order valence-corrected chi connectivity index (χ4v) is 2.75. The molecule has 0 spiro atoms. The van der Waals surface area contributed by atoms with Gasteiger partial charge in [-0.1, -0.05) is 11.6 Å². The van der Waals surface area contributed by atoms with Gasteiger partial charge in [0.2, 0.25) is 0 Å². The number of esters is 2. The van der Waals surface area contributed by atoms with Crippen molar-refractivity contribution in [2.45, 2.75) is 19.8 Å². The summed E-state index contributed by atoms with van der Waals surface area (Å²) in [6.07, 6.45) is 0.615. The van der Waals surface area contributed by atoms with Gasteiger partial charge in [0.25, 0.3) is 0 Å². The van der Waals surface area contributed by atoms with Crippen molar-refractivity contribution in [2.75, 3.05) is 13.2 Å². The Balaban J connectivity index is 1.56. The van der Waals surface area contributed by atoms with Crippen molar-refractivity contribution in [3.05, 3.63) is 69.5 Å². The Hall–Kier alpha value is -3.32. The smallest absolute Gasteiger partial charge is 0.351 e. The van der Waals surface area contributed by atoms with Gasteiger partial charge in [0, 0.05) is 22.9 Å². The number of carbonyl (C=O) groups is 2. The quantitative estimate of drug-likeness (QED) is 0.226. The monoisotopic (exact) mass is 430 g/mol. The van der Waals surface area contributed by atoms with Crippen LogP contribution in [0.15, 0.2) is 57.7 Å². The molecular formula is C22H19ClO7. The molecule has 2 aromatic carbocycles. The molecule has 0 saturated carbocycles. The van der Waals surface area contributed by atoms with Gasteiger partial charge in [-0.05, 0) is 55.8 Å². The number of carbonyl (C=O) groups excluding carboxylic acids is 2. The van der Waals surface area contributed by atoms with E-state index in [1.165, 1.54) is 12.1 Å². The predicted molar refractivity (Wildman–Crippen MR) is 110 cm³/mol. The third kappa shape index (κ3) is 5.61. The Morgan fingerprint density at radius 3 is 2.50 bits per heavy atom. The van der Waals surface area contributed by atoms with E-state index in [9.17, 15) is 14.4 Å². The largest absolute Gasteiger partial charge is 0.494 e. The first-order valence-corrected chi connectivity index (χ1v) is 9.68. The van der Waals surface area contributed by atoms with E-state index in [1.807, 2.05) is 0 Å². The maximum absolute atomic E-state index is 12.0. The van der Waals surface area contributed by atoms with Gasteiger partial charge in [-0.15, -0.1) is 0 Å². The molecule has 0 fully saturated rings. The van der Waals surface area contributed by atoms with Crippen LogP contribution >= 0.6 is 11.6 Å². The summed E-state index contributed by atoms with van der Waals surface area (Å²) in [7, 11) is 0. The average Bonchev–Trinajstić information content (AvgIpc) is 2.72. The normalized spacial score (nSPS) is 10.6. The second-order valence-corrected chi connectivity index (χ2v) is 6.68. The molecule has 3 aromatic rings. The van der Waals surface area contributed by atoms with Gasteiger partial charge >= 0.3 is 17.6 Å². The van der Waals surface area contributed by atoms with Gasteiger partial charge in [-0.25, -0.2) is 9.59 Å². The zero-order valence-electron chi connectivity index (χ0n) is 16.2. The minimum absolute atomic E-state index is 0.149. The fourth-order valence-electron chi connectivity index (χ4n) is 2.63. The summed E-state index contributed by atoms with van der Waals surface area (Å²) in [5.41, 5.74) is -0.803. The number of halogens is 1. The average molecular weight is 431 g/mol. The Morgan fingerprint density at radius 2 is 1.77 bits per heavy atom. The molecule has 30 heavy (non-hydrogen) atoms. The lowest BCUT2D eigenvalue weighted by Gasteiger charge is -2.07. The first-order chi connectivity index (χ1) is 14.5. The van der Waals surface area contributed by atoms with Gasteiger partial charge in [0.15, 0.2) is 0 Å². The van der Waals surface area contributed by atoms with Gasteiger partial charge in [-0.2, -0.15) is 0 Å². The van der Waals surface area contributed by atoms with Crippen LogP contribution < -0.4 is 15.1 Å². The Morgan fingerprint density at radius 1 is 1.03 bits per heavy atom. The summed E-state index contributed by atoms with van der Waals surface area (Å²) in [6, 6.07) is 12.9. The maximum atomic E-state index is 12.0. The summed E-state index contributed by atoms with van der Waals surface area (Å²) in [5, 5.41) is 1.13. The van der Waals surface area contributed by atoms with Gasteiger partial charge < -0.3 is 18.6 Å². The zero-order chi connectivity index (χ0) is 21.5. The van der Waals surface area contributed by atoms with Crippen molar-refractivity contribution in [3.8, 4) is 11.5 Å². The molecule has 8 heteroatoms. The van der Waals surface area contributed by atoms with E-state index in [4.69, 9.17) is 30.2 Å². The molecule has 3 rings (SSSR count). The molecule has 0 amide bonds. The molecule has 0 aliphatic carbocycles. The second kappa shape index (κ2) is 9.93. The van der Waals surface area contributed by atoms with Crippen LogP contribution in [0.5, 0.6) is 11.5 Å². The summed E-state index contributed by atoms with van der Waals surface area (Å²) in [5.74, 6) is -0.290. The summed E-state index contributed by atoms with van der Waals surface area (Å²) < 4.78 is 20.8. The number of ether oxygens (including phenoxy) is 3. The van der Waals surface area contributed by atoms with E-state index >= 15 is 0 Å². The number of hydrogen-bond donors (Lipinski definition) is 0. The van der Waals surface area contributed by atoms with Crippen LogP contribution in [0, 0.1) is 0 Å². The summed E-state index contributed by atoms with van der Waals surface area (Å²) >= 11 is 5.81. The highest BCUT2D eigenvalue weighted by atomic mass is 35.5. The SMILES string of the molecule is CCOC(=O)c1cc2ccc(OC(=O)CCCOc3ccc(Cl)cc3)cc2oc1=O. The first kappa shape index (κ1) is 21.4. The third-order valence-corrected chi connectivity index (χ3v) is 4.29. The molecule has 0 N–H and O–H groups in total. The highest BCUT2D eigenvalue weighted by Gasteiger charge is 2.15. The lowest BCUT2D eigenvalue weighted by atomic mass is 10.2. The standard InChI is InChI=1S/C22H19ClO7/c1-2-27-21(25)18-12-14-5-8-17(13-19(14)30-22(18)26)29-20(24)4-3-11-28-16-9-6-15(23)7-10-16/h5-10,12-13H,2-4,11H2,1H3. The first-order valence-electron chi connectivity index (χ1n) is 9.30. The van der Waals surface area contributed by atoms with Gasteiger partial charge in [0.05, 0.1) is 13.2 Å². The van der Waals surface area contributed by atoms with Gasteiger partial charge in [0.1, 0.15) is 22.6 Å². The van der Waals surface area contributed by atoms with Crippen molar-refractivity contribution in [1.82, 2.24) is 0 Å². The topological polar surface area (TPSA) is 92.0 Å². The van der Waals surface area contributed by atoms with E-state index in [0.29, 0.717) is 29.2 Å². The van der Waals surface area contributed by atoms with Crippen LogP contribution in [0.2, 0.25) is 5.02 Å². The van der Waals surface area contributed by atoms with Crippen molar-refractivity contribution in [3.63, 3.8) is 0 Å². The van der Waals surface area contributed by atoms with E-state index in [0.717, 1.165) is 0 Å². The van der Waals surface area contributed by atoms with E-state index in [-0.39, 0.29) is 29.9 Å². The molecule has 0 unspecified atom stereocenters. The number of rotatable bonds is 8. The van der Waals surface area contributed by atoms with Gasteiger partial charge in [-0.3, -0.25) is 4.79 Å². The Bertz CT molecular complexity index is 1100. The van der Waals surface area contributed by atoms with E-state index < -0.39 is 17.6 Å². The third-order valence-electron chi connectivity index (χ3n) is 4.04. The molecule has 0 saturated heterocycles. The van der Waals surface area contributed by atoms with Crippen LogP contribution in [-0.2, 0) is 9.53 Å². The molecule has 1 heterocycles. The second-order valence-electron chi connectivity index (χ2n) is 6.25. The Labute approximate surface area is 177 Å². The van der Waals surface area contributed by atoms with Crippen LogP contribution in [0.1, 0.15) is 30.1 Å². The number of benzene rings is 2. The summed E-state index contributed by atoms with van der Waals surface area (Å²) in [4.78, 5) is 35.8. The van der Waals surface area contributed by atoms with E-state index in [1.54, 1.807) is 43.3 Å². The zero-order valence-corrected chi connectivity index (χ0v) is 16.9. The molecule has 0 aliphatic rings. The van der Waals surface area contributed by atoms with Crippen molar-refractivity contribution < 1.29 is 28.2 Å². The molecule has 0 aliphatic heterocycles. The van der Waals surface area contributed by atoms with Crippen LogP contribution in [0.3, 0.4) is 0 Å². The fraction of sp³-hybridized carbons (Fsp3) is 0.227. The molecule has 1 aromatic heterocycles. The van der Waals surface area contributed by atoms with Crippen molar-refractivity contribution in [2.24, 2.45) is 0 Å². The number of fused-ring (bicyclic) bond motifs is 1. The molecule has 156 valence electrons. The van der Waals surface area contributed by atoms with Crippen molar-refractivity contribution >= 4 is 34.5 Å². The van der Waals surface area contributed by atoms with Crippen LogP contribution in [-0.4, -0.2) is 25.2 Å². The van der Waals surface area contributed by atoms with Crippen LogP contribution in [0.4, 0.5) is 0 Å². The highest BCUT2D eigenvalue weighted by Crippen LogP contribution is 2.21. The molecule has 0 radical (unpaired) electrons. The lowest BCUT2D eigenvalue weighted by Crippen LogP contribution is -2.16. The Kier molecular flexibility index (Phi) is 7.08. The minimum atomic E-state index is -0.816. The minimum Gasteiger partial charge on any atom is -0.494 e.